The zero-order valence-electron chi connectivity index (χ0n) is 10.2. The summed E-state index contributed by atoms with van der Waals surface area (Å²) in [7, 11) is 0. The van der Waals surface area contributed by atoms with Crippen LogP contribution in [-0.2, 0) is 12.8 Å². The maximum atomic E-state index is 6.07. The Kier molecular flexibility index (Phi) is 5.04. The predicted molar refractivity (Wildman–Crippen MR) is 79.9 cm³/mol. The van der Waals surface area contributed by atoms with Crippen LogP contribution in [0.15, 0.2) is 30.5 Å². The van der Waals surface area contributed by atoms with Gasteiger partial charge >= 0.3 is 0 Å². The van der Waals surface area contributed by atoms with Crippen molar-refractivity contribution in [3.8, 4) is 0 Å². The average molecular weight is 300 g/mol. The normalized spacial score (nSPS) is 12.6. The highest BCUT2D eigenvalue weighted by Crippen LogP contribution is 2.21. The number of nitrogens with zero attached hydrogens (tertiary/aromatic N) is 1. The summed E-state index contributed by atoms with van der Waals surface area (Å²) in [5, 5.41) is 1.90. The van der Waals surface area contributed by atoms with E-state index >= 15 is 0 Å². The van der Waals surface area contributed by atoms with Gasteiger partial charge in [-0.15, -0.1) is 22.9 Å². The first-order valence-electron chi connectivity index (χ1n) is 5.89. The van der Waals surface area contributed by atoms with Crippen LogP contribution in [-0.4, -0.2) is 10.9 Å². The monoisotopic (exact) mass is 299 g/mol. The Bertz CT molecular complexity index is 510. The Morgan fingerprint density at radius 1 is 1.33 bits per heavy atom. The van der Waals surface area contributed by atoms with Crippen molar-refractivity contribution < 1.29 is 0 Å². The van der Waals surface area contributed by atoms with E-state index < -0.39 is 0 Å². The molecule has 18 heavy (non-hydrogen) atoms. The number of hydrogen-bond donors (Lipinski definition) is 0. The number of thiazole rings is 1. The Labute approximate surface area is 122 Å². The first kappa shape index (κ1) is 13.9. The minimum absolute atomic E-state index is 0.435. The van der Waals surface area contributed by atoms with Crippen molar-refractivity contribution in [2.45, 2.75) is 19.8 Å². The summed E-state index contributed by atoms with van der Waals surface area (Å²) in [6.07, 6.45) is 3.90. The van der Waals surface area contributed by atoms with Crippen LogP contribution < -0.4 is 0 Å². The van der Waals surface area contributed by atoms with Crippen LogP contribution in [0.2, 0.25) is 5.02 Å². The molecule has 0 fully saturated rings. The number of halogens is 2. The van der Waals surface area contributed by atoms with Gasteiger partial charge in [-0.1, -0.05) is 23.7 Å². The van der Waals surface area contributed by atoms with Gasteiger partial charge in [0, 0.05) is 22.0 Å². The lowest BCUT2D eigenvalue weighted by Gasteiger charge is -2.12. The van der Waals surface area contributed by atoms with E-state index in [4.69, 9.17) is 23.2 Å². The van der Waals surface area contributed by atoms with Crippen molar-refractivity contribution in [3.05, 3.63) is 50.9 Å². The van der Waals surface area contributed by atoms with E-state index in [1.165, 1.54) is 10.4 Å². The third-order valence-corrected chi connectivity index (χ3v) is 4.40. The highest BCUT2D eigenvalue weighted by atomic mass is 35.5. The smallest absolute Gasteiger partial charge is 0.0896 e. The Morgan fingerprint density at radius 3 is 2.78 bits per heavy atom. The molecule has 96 valence electrons. The molecule has 0 aliphatic heterocycles. The standard InChI is InChI=1S/C14H15Cl2NS/c1-10-17-9-14(18-10)7-12(8-15)5-11-3-2-4-13(16)6-11/h2-4,6,9,12H,5,7-8H2,1H3. The van der Waals surface area contributed by atoms with E-state index in [9.17, 15) is 0 Å². The van der Waals surface area contributed by atoms with E-state index in [1.807, 2.05) is 31.3 Å². The van der Waals surface area contributed by atoms with Crippen LogP contribution in [0, 0.1) is 12.8 Å². The van der Waals surface area contributed by atoms with Gasteiger partial charge in [0.2, 0.25) is 0 Å². The molecule has 4 heteroatoms. The Hall–Kier alpha value is -0.570. The van der Waals surface area contributed by atoms with Crippen LogP contribution in [0.1, 0.15) is 15.4 Å². The maximum absolute atomic E-state index is 6.07. The van der Waals surface area contributed by atoms with Crippen molar-refractivity contribution in [1.29, 1.82) is 0 Å². The van der Waals surface area contributed by atoms with Gasteiger partial charge in [-0.05, 0) is 43.4 Å². The average Bonchev–Trinajstić information content (AvgIpc) is 2.74. The van der Waals surface area contributed by atoms with Gasteiger partial charge in [-0.25, -0.2) is 4.98 Å². The second-order valence-electron chi connectivity index (χ2n) is 4.40. The van der Waals surface area contributed by atoms with E-state index in [0.717, 1.165) is 22.9 Å². The molecule has 1 aromatic heterocycles. The SMILES string of the molecule is Cc1ncc(CC(CCl)Cc2cccc(Cl)c2)s1. The van der Waals surface area contributed by atoms with Crippen LogP contribution in [0.3, 0.4) is 0 Å². The molecular formula is C14H15Cl2NS. The minimum Gasteiger partial charge on any atom is -0.250 e. The Balaban J connectivity index is 2.01. The lowest BCUT2D eigenvalue weighted by molar-refractivity contribution is 0.588. The van der Waals surface area contributed by atoms with Gasteiger partial charge in [0.1, 0.15) is 0 Å². The van der Waals surface area contributed by atoms with Gasteiger partial charge in [-0.2, -0.15) is 0 Å². The van der Waals surface area contributed by atoms with Crippen molar-refractivity contribution in [3.63, 3.8) is 0 Å². The molecule has 0 amide bonds. The summed E-state index contributed by atoms with van der Waals surface area (Å²) in [5.74, 6) is 1.09. The molecule has 1 unspecified atom stereocenters. The number of benzene rings is 1. The molecule has 1 heterocycles. The van der Waals surface area contributed by atoms with Crippen molar-refractivity contribution >= 4 is 34.5 Å². The molecule has 1 aromatic carbocycles. The third kappa shape index (κ3) is 3.98. The summed E-state index contributed by atoms with van der Waals surface area (Å²) in [6, 6.07) is 8.00. The molecule has 0 radical (unpaired) electrons. The van der Waals surface area contributed by atoms with Crippen LogP contribution in [0.4, 0.5) is 0 Å². The number of alkyl halides is 1. The highest BCUT2D eigenvalue weighted by Gasteiger charge is 2.11. The van der Waals surface area contributed by atoms with Gasteiger partial charge in [0.25, 0.3) is 0 Å². The van der Waals surface area contributed by atoms with Gasteiger partial charge in [-0.3, -0.25) is 0 Å². The summed E-state index contributed by atoms with van der Waals surface area (Å²) < 4.78 is 0. The molecule has 0 N–H and O–H groups in total. The fourth-order valence-electron chi connectivity index (χ4n) is 1.96. The summed E-state index contributed by atoms with van der Waals surface area (Å²) in [5.41, 5.74) is 1.24. The topological polar surface area (TPSA) is 12.9 Å². The van der Waals surface area contributed by atoms with Gasteiger partial charge in [0.15, 0.2) is 0 Å². The molecule has 0 bridgehead atoms. The van der Waals surface area contributed by atoms with E-state index in [0.29, 0.717) is 11.8 Å². The van der Waals surface area contributed by atoms with Crippen LogP contribution >= 0.6 is 34.5 Å². The molecule has 0 spiro atoms. The van der Waals surface area contributed by atoms with Gasteiger partial charge < -0.3 is 0 Å². The fourth-order valence-corrected chi connectivity index (χ4v) is 3.30. The van der Waals surface area contributed by atoms with Crippen LogP contribution in [0.25, 0.3) is 0 Å². The van der Waals surface area contributed by atoms with Crippen LogP contribution in [0.5, 0.6) is 0 Å². The lowest BCUT2D eigenvalue weighted by atomic mass is 9.97. The highest BCUT2D eigenvalue weighted by molar-refractivity contribution is 7.11. The Morgan fingerprint density at radius 2 is 2.17 bits per heavy atom. The summed E-state index contributed by atoms with van der Waals surface area (Å²) >= 11 is 13.8. The molecule has 1 atom stereocenters. The molecule has 0 saturated carbocycles. The van der Waals surface area contributed by atoms with Crippen molar-refractivity contribution in [2.24, 2.45) is 5.92 Å². The van der Waals surface area contributed by atoms with Gasteiger partial charge in [0.05, 0.1) is 5.01 Å². The summed E-state index contributed by atoms with van der Waals surface area (Å²) in [4.78, 5) is 5.59. The minimum atomic E-state index is 0.435. The third-order valence-electron chi connectivity index (χ3n) is 2.79. The molecule has 2 aromatic rings. The van der Waals surface area contributed by atoms with Crippen molar-refractivity contribution in [2.75, 3.05) is 5.88 Å². The number of aromatic nitrogens is 1. The van der Waals surface area contributed by atoms with Crippen molar-refractivity contribution in [1.82, 2.24) is 4.98 Å². The first-order valence-corrected chi connectivity index (χ1v) is 7.62. The van der Waals surface area contributed by atoms with E-state index in [1.54, 1.807) is 11.3 Å². The fraction of sp³-hybridized carbons (Fsp3) is 0.357. The maximum Gasteiger partial charge on any atom is 0.0896 e. The second kappa shape index (κ2) is 6.55. The number of aryl methyl sites for hydroxylation is 1. The second-order valence-corrected chi connectivity index (χ2v) is 6.47. The summed E-state index contributed by atoms with van der Waals surface area (Å²) in [6.45, 7) is 2.03. The molecule has 0 aliphatic rings. The lowest BCUT2D eigenvalue weighted by Crippen LogP contribution is -2.09. The zero-order valence-corrected chi connectivity index (χ0v) is 12.5. The predicted octanol–water partition coefficient (Wildman–Crippen LogP) is 4.75. The van der Waals surface area contributed by atoms with E-state index in [-0.39, 0.29) is 0 Å². The molecule has 0 aliphatic carbocycles. The molecule has 1 nitrogen and oxygen atoms in total. The number of rotatable bonds is 5. The quantitative estimate of drug-likeness (QED) is 0.726. The zero-order chi connectivity index (χ0) is 13.0. The van der Waals surface area contributed by atoms with E-state index in [2.05, 4.69) is 11.1 Å². The largest absolute Gasteiger partial charge is 0.250 e. The molecular weight excluding hydrogens is 285 g/mol. The molecule has 2 rings (SSSR count). The number of hydrogen-bond acceptors (Lipinski definition) is 2. The first-order chi connectivity index (χ1) is 8.67. The molecule has 0 saturated heterocycles.